The van der Waals surface area contributed by atoms with Crippen LogP contribution in [-0.2, 0) is 6.42 Å². The standard InChI is InChI=1S/C21H27NO2.BrH/c1-16(21(24)19-7-9-20(23)10-8-19)22-13-11-18(12-14-22)15-17-5-3-2-4-6-17;/h2-10,16,18,21,23-24H,11-15H2,1H3;1H. The molecule has 0 spiro atoms. The van der Waals surface area contributed by atoms with E-state index < -0.39 is 6.10 Å². The molecule has 1 fully saturated rings. The summed E-state index contributed by atoms with van der Waals surface area (Å²) in [4.78, 5) is 2.39. The van der Waals surface area contributed by atoms with E-state index in [1.807, 2.05) is 0 Å². The highest BCUT2D eigenvalue weighted by atomic mass is 79.9. The Morgan fingerprint density at radius 2 is 1.60 bits per heavy atom. The van der Waals surface area contributed by atoms with E-state index in [-0.39, 0.29) is 28.8 Å². The Morgan fingerprint density at radius 3 is 2.20 bits per heavy atom. The molecule has 0 bridgehead atoms. The number of likely N-dealkylation sites (tertiary alicyclic amines) is 1. The van der Waals surface area contributed by atoms with E-state index in [0.29, 0.717) is 0 Å². The van der Waals surface area contributed by atoms with Crippen LogP contribution in [0.3, 0.4) is 0 Å². The third kappa shape index (κ3) is 5.30. The van der Waals surface area contributed by atoms with Crippen molar-refractivity contribution >= 4 is 17.0 Å². The number of halogens is 1. The summed E-state index contributed by atoms with van der Waals surface area (Å²) in [6.45, 7) is 4.16. The van der Waals surface area contributed by atoms with Crippen LogP contribution in [0.25, 0.3) is 0 Å². The molecular weight excluding hydrogens is 378 g/mol. The number of hydrogen-bond acceptors (Lipinski definition) is 3. The molecule has 136 valence electrons. The van der Waals surface area contributed by atoms with Crippen LogP contribution in [0.4, 0.5) is 0 Å². The van der Waals surface area contributed by atoms with E-state index in [4.69, 9.17) is 0 Å². The molecular formula is C21H28BrNO2. The van der Waals surface area contributed by atoms with Crippen molar-refractivity contribution in [1.29, 1.82) is 0 Å². The molecule has 25 heavy (non-hydrogen) atoms. The topological polar surface area (TPSA) is 43.7 Å². The largest absolute Gasteiger partial charge is 0.508 e. The molecule has 1 heterocycles. The number of nitrogens with zero attached hydrogens (tertiary/aromatic N) is 1. The highest BCUT2D eigenvalue weighted by molar-refractivity contribution is 8.93. The van der Waals surface area contributed by atoms with Gasteiger partial charge in [-0.05, 0) is 68.5 Å². The van der Waals surface area contributed by atoms with Crippen molar-refractivity contribution in [2.75, 3.05) is 13.1 Å². The monoisotopic (exact) mass is 405 g/mol. The predicted octanol–water partition coefficient (Wildman–Crippen LogP) is 4.35. The van der Waals surface area contributed by atoms with Crippen LogP contribution in [0.5, 0.6) is 5.75 Å². The van der Waals surface area contributed by atoms with Gasteiger partial charge in [0.15, 0.2) is 0 Å². The molecule has 0 aliphatic carbocycles. The number of phenolic OH excluding ortho intramolecular Hbond substituents is 1. The fraction of sp³-hybridized carbons (Fsp3) is 0.429. The van der Waals surface area contributed by atoms with Crippen LogP contribution in [0.2, 0.25) is 0 Å². The van der Waals surface area contributed by atoms with Crippen LogP contribution in [0.15, 0.2) is 54.6 Å². The third-order valence-corrected chi connectivity index (χ3v) is 5.28. The van der Waals surface area contributed by atoms with Gasteiger partial charge in [0.05, 0.1) is 6.10 Å². The van der Waals surface area contributed by atoms with E-state index in [1.165, 1.54) is 18.4 Å². The van der Waals surface area contributed by atoms with Crippen molar-refractivity contribution in [2.45, 2.75) is 38.3 Å². The molecule has 2 aromatic rings. The molecule has 3 rings (SSSR count). The summed E-state index contributed by atoms with van der Waals surface area (Å²) in [6.07, 6.45) is 3.00. The number of benzene rings is 2. The first-order valence-corrected chi connectivity index (χ1v) is 8.88. The van der Waals surface area contributed by atoms with Gasteiger partial charge >= 0.3 is 0 Å². The summed E-state index contributed by atoms with van der Waals surface area (Å²) >= 11 is 0. The maximum absolute atomic E-state index is 10.6. The fourth-order valence-electron chi connectivity index (χ4n) is 3.66. The molecule has 4 heteroatoms. The van der Waals surface area contributed by atoms with E-state index >= 15 is 0 Å². The average Bonchev–Trinajstić information content (AvgIpc) is 2.63. The second-order valence-electron chi connectivity index (χ2n) is 6.95. The molecule has 1 saturated heterocycles. The second kappa shape index (κ2) is 9.37. The molecule has 3 nitrogen and oxygen atoms in total. The maximum Gasteiger partial charge on any atom is 0.115 e. The lowest BCUT2D eigenvalue weighted by atomic mass is 9.89. The summed E-state index contributed by atoms with van der Waals surface area (Å²) < 4.78 is 0. The summed E-state index contributed by atoms with van der Waals surface area (Å²) in [5.41, 5.74) is 2.29. The van der Waals surface area contributed by atoms with Gasteiger partial charge in [0, 0.05) is 6.04 Å². The van der Waals surface area contributed by atoms with Crippen molar-refractivity contribution in [3.05, 3.63) is 65.7 Å². The average molecular weight is 406 g/mol. The predicted molar refractivity (Wildman–Crippen MR) is 107 cm³/mol. The van der Waals surface area contributed by atoms with E-state index in [0.717, 1.165) is 31.0 Å². The third-order valence-electron chi connectivity index (χ3n) is 5.28. The zero-order valence-corrected chi connectivity index (χ0v) is 16.4. The Labute approximate surface area is 161 Å². The molecule has 0 amide bonds. The first-order valence-electron chi connectivity index (χ1n) is 8.88. The SMILES string of the molecule is Br.CC(C(O)c1ccc(O)cc1)N1CCC(Cc2ccccc2)CC1. The molecule has 2 unspecified atom stereocenters. The summed E-state index contributed by atoms with van der Waals surface area (Å²) in [6, 6.07) is 17.7. The van der Waals surface area contributed by atoms with Gasteiger partial charge in [-0.3, -0.25) is 4.90 Å². The van der Waals surface area contributed by atoms with Gasteiger partial charge < -0.3 is 10.2 Å². The molecule has 2 aromatic carbocycles. The molecule has 0 radical (unpaired) electrons. The minimum Gasteiger partial charge on any atom is -0.508 e. The quantitative estimate of drug-likeness (QED) is 0.776. The number of rotatable bonds is 5. The first-order chi connectivity index (χ1) is 11.6. The summed E-state index contributed by atoms with van der Waals surface area (Å²) in [7, 11) is 0. The zero-order chi connectivity index (χ0) is 16.9. The second-order valence-corrected chi connectivity index (χ2v) is 6.95. The minimum absolute atomic E-state index is 0. The van der Waals surface area contributed by atoms with Gasteiger partial charge in [-0.1, -0.05) is 42.5 Å². The van der Waals surface area contributed by atoms with Gasteiger partial charge in [0.25, 0.3) is 0 Å². The number of aromatic hydroxyl groups is 1. The molecule has 1 aliphatic rings. The van der Waals surface area contributed by atoms with Crippen LogP contribution < -0.4 is 0 Å². The minimum atomic E-state index is -0.517. The zero-order valence-electron chi connectivity index (χ0n) is 14.7. The summed E-state index contributed by atoms with van der Waals surface area (Å²) in [5.74, 6) is 0.974. The molecule has 2 N–H and O–H groups in total. The number of aliphatic hydroxyl groups is 1. The number of hydrogen-bond donors (Lipinski definition) is 2. The van der Waals surface area contributed by atoms with Crippen LogP contribution >= 0.6 is 17.0 Å². The van der Waals surface area contributed by atoms with Crippen LogP contribution in [0.1, 0.15) is 37.0 Å². The maximum atomic E-state index is 10.6. The van der Waals surface area contributed by atoms with Crippen molar-refractivity contribution in [1.82, 2.24) is 4.90 Å². The lowest BCUT2D eigenvalue weighted by Crippen LogP contribution is -2.43. The van der Waals surface area contributed by atoms with Crippen molar-refractivity contribution in [3.8, 4) is 5.75 Å². The van der Waals surface area contributed by atoms with E-state index in [2.05, 4.69) is 42.2 Å². The van der Waals surface area contributed by atoms with E-state index in [1.54, 1.807) is 24.3 Å². The van der Waals surface area contributed by atoms with Crippen molar-refractivity contribution in [3.63, 3.8) is 0 Å². The van der Waals surface area contributed by atoms with E-state index in [9.17, 15) is 10.2 Å². The molecule has 0 saturated carbocycles. The first kappa shape index (κ1) is 20.0. The summed E-state index contributed by atoms with van der Waals surface area (Å²) in [5, 5.41) is 20.0. The Balaban J connectivity index is 0.00000225. The van der Waals surface area contributed by atoms with Gasteiger partial charge in [-0.15, -0.1) is 17.0 Å². The Hall–Kier alpha value is -1.36. The Bertz CT molecular complexity index is 624. The lowest BCUT2D eigenvalue weighted by Gasteiger charge is -2.38. The van der Waals surface area contributed by atoms with Crippen LogP contribution in [0, 0.1) is 5.92 Å². The van der Waals surface area contributed by atoms with Gasteiger partial charge in [-0.2, -0.15) is 0 Å². The smallest absolute Gasteiger partial charge is 0.115 e. The highest BCUT2D eigenvalue weighted by Gasteiger charge is 2.27. The Morgan fingerprint density at radius 1 is 1.00 bits per heavy atom. The molecule has 1 aliphatic heterocycles. The normalized spacial score (nSPS) is 18.3. The van der Waals surface area contributed by atoms with Crippen LogP contribution in [-0.4, -0.2) is 34.2 Å². The van der Waals surface area contributed by atoms with Gasteiger partial charge in [-0.25, -0.2) is 0 Å². The number of phenols is 1. The van der Waals surface area contributed by atoms with Gasteiger partial charge in [0.2, 0.25) is 0 Å². The van der Waals surface area contributed by atoms with Crippen molar-refractivity contribution in [2.24, 2.45) is 5.92 Å². The number of piperidine rings is 1. The Kier molecular flexibility index (Phi) is 7.48. The molecule has 0 aromatic heterocycles. The number of aliphatic hydroxyl groups excluding tert-OH is 1. The van der Waals surface area contributed by atoms with Gasteiger partial charge in [0.1, 0.15) is 5.75 Å². The lowest BCUT2D eigenvalue weighted by molar-refractivity contribution is 0.0373. The fourth-order valence-corrected chi connectivity index (χ4v) is 3.66. The highest BCUT2D eigenvalue weighted by Crippen LogP contribution is 2.28. The van der Waals surface area contributed by atoms with Crippen molar-refractivity contribution < 1.29 is 10.2 Å². The molecule has 2 atom stereocenters.